The third-order valence-corrected chi connectivity index (χ3v) is 3.31. The molecule has 0 aliphatic rings. The van der Waals surface area contributed by atoms with Crippen LogP contribution in [-0.4, -0.2) is 12.8 Å². The van der Waals surface area contributed by atoms with Gasteiger partial charge in [0, 0.05) is 17.4 Å². The van der Waals surface area contributed by atoms with Crippen molar-refractivity contribution in [2.75, 3.05) is 12.8 Å². The largest absolute Gasteiger partial charge is 0.310 e. The van der Waals surface area contributed by atoms with Crippen molar-refractivity contribution in [3.8, 4) is 12.3 Å². The minimum absolute atomic E-state index is 0.397. The van der Waals surface area contributed by atoms with Crippen LogP contribution in [0.5, 0.6) is 0 Å². The molecule has 1 N–H and O–H groups in total. The Morgan fingerprint density at radius 3 is 2.62 bits per heavy atom. The molecule has 16 heavy (non-hydrogen) atoms. The summed E-state index contributed by atoms with van der Waals surface area (Å²) in [6.07, 6.45) is 9.20. The number of nitrogens with one attached hydrogen (secondary N) is 1. The van der Waals surface area contributed by atoms with Crippen molar-refractivity contribution in [2.24, 2.45) is 0 Å². The first-order valence-electron chi connectivity index (χ1n) is 5.58. The first kappa shape index (κ1) is 13.2. The number of thioether (sulfide) groups is 1. The summed E-state index contributed by atoms with van der Waals surface area (Å²) in [7, 11) is 0. The molecule has 0 radical (unpaired) electrons. The second-order valence-corrected chi connectivity index (χ2v) is 4.64. The van der Waals surface area contributed by atoms with Gasteiger partial charge in [0.2, 0.25) is 0 Å². The molecule has 1 nitrogen and oxygen atoms in total. The van der Waals surface area contributed by atoms with Crippen molar-refractivity contribution >= 4 is 11.8 Å². The van der Waals surface area contributed by atoms with Crippen LogP contribution < -0.4 is 5.32 Å². The van der Waals surface area contributed by atoms with Gasteiger partial charge in [-0.15, -0.1) is 24.1 Å². The predicted molar refractivity (Wildman–Crippen MR) is 72.7 cm³/mol. The van der Waals surface area contributed by atoms with Crippen molar-refractivity contribution in [1.29, 1.82) is 0 Å². The van der Waals surface area contributed by atoms with E-state index >= 15 is 0 Å². The molecule has 0 saturated heterocycles. The standard InChI is InChI=1S/C14H19NS/c1-4-5-6-11-15-12(2)13-7-9-14(16-3)10-8-13/h1,7-10,12,15H,5-6,11H2,2-3H3. The van der Waals surface area contributed by atoms with Crippen molar-refractivity contribution in [3.05, 3.63) is 29.8 Å². The maximum atomic E-state index is 5.21. The number of rotatable bonds is 6. The van der Waals surface area contributed by atoms with Crippen LogP contribution in [0.25, 0.3) is 0 Å². The van der Waals surface area contributed by atoms with Gasteiger partial charge in [0.15, 0.2) is 0 Å². The van der Waals surface area contributed by atoms with Gasteiger partial charge >= 0.3 is 0 Å². The molecule has 2 heteroatoms. The summed E-state index contributed by atoms with van der Waals surface area (Å²) < 4.78 is 0. The zero-order chi connectivity index (χ0) is 11.8. The second-order valence-electron chi connectivity index (χ2n) is 3.76. The molecule has 1 atom stereocenters. The number of benzene rings is 1. The molecule has 1 rings (SSSR count). The smallest absolute Gasteiger partial charge is 0.0291 e. The zero-order valence-corrected chi connectivity index (χ0v) is 10.8. The topological polar surface area (TPSA) is 12.0 Å². The van der Waals surface area contributed by atoms with Crippen molar-refractivity contribution < 1.29 is 0 Å². The molecule has 0 fully saturated rings. The van der Waals surface area contributed by atoms with E-state index in [2.05, 4.69) is 48.7 Å². The van der Waals surface area contributed by atoms with Crippen molar-refractivity contribution in [2.45, 2.75) is 30.7 Å². The van der Waals surface area contributed by atoms with E-state index in [9.17, 15) is 0 Å². The molecular formula is C14H19NS. The Hall–Kier alpha value is -0.910. The Labute approximate surface area is 103 Å². The zero-order valence-electron chi connectivity index (χ0n) is 9.99. The van der Waals surface area contributed by atoms with Gasteiger partial charge in [-0.25, -0.2) is 0 Å². The van der Waals surface area contributed by atoms with Crippen LogP contribution in [0.1, 0.15) is 31.4 Å². The maximum absolute atomic E-state index is 5.21. The number of unbranched alkanes of at least 4 members (excludes halogenated alkanes) is 1. The normalized spacial score (nSPS) is 12.1. The molecule has 1 aromatic carbocycles. The van der Waals surface area contributed by atoms with E-state index in [0.717, 1.165) is 19.4 Å². The Balaban J connectivity index is 2.40. The quantitative estimate of drug-likeness (QED) is 0.459. The maximum Gasteiger partial charge on any atom is 0.0291 e. The molecule has 0 aromatic heterocycles. The third-order valence-electron chi connectivity index (χ3n) is 2.56. The van der Waals surface area contributed by atoms with E-state index in [1.807, 2.05) is 0 Å². The fourth-order valence-electron chi connectivity index (χ4n) is 1.52. The van der Waals surface area contributed by atoms with Gasteiger partial charge in [0.05, 0.1) is 0 Å². The van der Waals surface area contributed by atoms with Gasteiger partial charge in [0.25, 0.3) is 0 Å². The van der Waals surface area contributed by atoms with E-state index in [1.54, 1.807) is 11.8 Å². The van der Waals surface area contributed by atoms with Crippen LogP contribution in [0.15, 0.2) is 29.2 Å². The molecule has 0 bridgehead atoms. The number of terminal acetylenes is 1. The van der Waals surface area contributed by atoms with Crippen LogP contribution in [-0.2, 0) is 0 Å². The summed E-state index contributed by atoms with van der Waals surface area (Å²) in [6, 6.07) is 9.10. The summed E-state index contributed by atoms with van der Waals surface area (Å²) in [5.74, 6) is 2.65. The second kappa shape index (κ2) is 7.38. The summed E-state index contributed by atoms with van der Waals surface area (Å²) >= 11 is 1.77. The van der Waals surface area contributed by atoms with Crippen LogP contribution >= 0.6 is 11.8 Å². The van der Waals surface area contributed by atoms with Gasteiger partial charge in [-0.3, -0.25) is 0 Å². The molecule has 0 aliphatic heterocycles. The summed E-state index contributed by atoms with van der Waals surface area (Å²) in [4.78, 5) is 1.31. The van der Waals surface area contributed by atoms with Crippen LogP contribution in [0.2, 0.25) is 0 Å². The van der Waals surface area contributed by atoms with Crippen LogP contribution in [0, 0.1) is 12.3 Å². The third kappa shape index (κ3) is 4.30. The van der Waals surface area contributed by atoms with Gasteiger partial charge in [-0.05, 0) is 43.8 Å². The molecular weight excluding hydrogens is 214 g/mol. The van der Waals surface area contributed by atoms with Gasteiger partial charge in [-0.1, -0.05) is 12.1 Å². The first-order chi connectivity index (χ1) is 7.77. The fourth-order valence-corrected chi connectivity index (χ4v) is 1.93. The van der Waals surface area contributed by atoms with E-state index in [-0.39, 0.29) is 0 Å². The molecule has 0 spiro atoms. The van der Waals surface area contributed by atoms with Gasteiger partial charge in [-0.2, -0.15) is 0 Å². The Kier molecular flexibility index (Phi) is 6.07. The summed E-state index contributed by atoms with van der Waals surface area (Å²) in [5, 5.41) is 3.47. The average molecular weight is 233 g/mol. The summed E-state index contributed by atoms with van der Waals surface area (Å²) in [5.41, 5.74) is 1.33. The van der Waals surface area contributed by atoms with E-state index in [1.165, 1.54) is 10.5 Å². The highest BCUT2D eigenvalue weighted by Crippen LogP contribution is 2.18. The van der Waals surface area contributed by atoms with Crippen LogP contribution in [0.4, 0.5) is 0 Å². The lowest BCUT2D eigenvalue weighted by Crippen LogP contribution is -2.19. The van der Waals surface area contributed by atoms with Gasteiger partial charge < -0.3 is 5.32 Å². The molecule has 0 aliphatic carbocycles. The summed E-state index contributed by atoms with van der Waals surface area (Å²) in [6.45, 7) is 3.17. The number of hydrogen-bond acceptors (Lipinski definition) is 2. The lowest BCUT2D eigenvalue weighted by molar-refractivity contribution is 0.562. The van der Waals surface area contributed by atoms with E-state index < -0.39 is 0 Å². The molecule has 1 aromatic rings. The number of hydrogen-bond donors (Lipinski definition) is 1. The van der Waals surface area contributed by atoms with E-state index in [4.69, 9.17) is 6.42 Å². The molecule has 86 valence electrons. The Bertz CT molecular complexity index is 337. The highest BCUT2D eigenvalue weighted by molar-refractivity contribution is 7.98. The van der Waals surface area contributed by atoms with E-state index in [0.29, 0.717) is 6.04 Å². The SMILES string of the molecule is C#CCCCNC(C)c1ccc(SC)cc1. The highest BCUT2D eigenvalue weighted by atomic mass is 32.2. The average Bonchev–Trinajstić information content (AvgIpc) is 2.34. The van der Waals surface area contributed by atoms with Crippen molar-refractivity contribution in [1.82, 2.24) is 5.32 Å². The predicted octanol–water partition coefficient (Wildman–Crippen LogP) is 3.47. The van der Waals surface area contributed by atoms with Crippen LogP contribution in [0.3, 0.4) is 0 Å². The lowest BCUT2D eigenvalue weighted by atomic mass is 10.1. The monoisotopic (exact) mass is 233 g/mol. The fraction of sp³-hybridized carbons (Fsp3) is 0.429. The molecule has 1 unspecified atom stereocenters. The first-order valence-corrected chi connectivity index (χ1v) is 6.81. The molecule has 0 saturated carbocycles. The molecule has 0 heterocycles. The lowest BCUT2D eigenvalue weighted by Gasteiger charge is -2.14. The van der Waals surface area contributed by atoms with Gasteiger partial charge in [0.1, 0.15) is 0 Å². The molecule has 0 amide bonds. The Morgan fingerprint density at radius 1 is 1.38 bits per heavy atom. The minimum atomic E-state index is 0.397. The minimum Gasteiger partial charge on any atom is -0.310 e. The Morgan fingerprint density at radius 2 is 2.06 bits per heavy atom. The highest BCUT2D eigenvalue weighted by Gasteiger charge is 2.03. The van der Waals surface area contributed by atoms with Crippen molar-refractivity contribution in [3.63, 3.8) is 0 Å².